The lowest BCUT2D eigenvalue weighted by Gasteiger charge is -2.16. The number of aromatic nitrogens is 2. The van der Waals surface area contributed by atoms with Crippen molar-refractivity contribution >= 4 is 12.2 Å². The largest absolute Gasteiger partial charge is 0.337 e. The highest BCUT2D eigenvalue weighted by Gasteiger charge is 2.10. The van der Waals surface area contributed by atoms with Crippen LogP contribution in [0.1, 0.15) is 58.7 Å². The van der Waals surface area contributed by atoms with Gasteiger partial charge in [0.1, 0.15) is 0 Å². The van der Waals surface area contributed by atoms with E-state index < -0.39 is 0 Å². The van der Waals surface area contributed by atoms with Gasteiger partial charge in [-0.1, -0.05) is 33.6 Å². The van der Waals surface area contributed by atoms with Crippen LogP contribution >= 0.6 is 12.2 Å². The second kappa shape index (κ2) is 6.24. The van der Waals surface area contributed by atoms with E-state index in [1.807, 2.05) is 6.20 Å². The molecule has 0 saturated carbocycles. The maximum atomic E-state index is 5.32. The Morgan fingerprint density at radius 2 is 2.00 bits per heavy atom. The van der Waals surface area contributed by atoms with E-state index in [4.69, 9.17) is 12.2 Å². The van der Waals surface area contributed by atoms with Gasteiger partial charge >= 0.3 is 0 Å². The van der Waals surface area contributed by atoms with Crippen LogP contribution in [0.5, 0.6) is 0 Å². The number of aryl methyl sites for hydroxylation is 1. The predicted octanol–water partition coefficient (Wildman–Crippen LogP) is 4.50. The van der Waals surface area contributed by atoms with Crippen LogP contribution in [0.25, 0.3) is 0 Å². The quantitative estimate of drug-likeness (QED) is 0.726. The zero-order chi connectivity index (χ0) is 12.1. The van der Waals surface area contributed by atoms with Crippen molar-refractivity contribution in [2.24, 2.45) is 5.92 Å². The normalized spacial score (nSPS) is 13.3. The molecule has 0 bridgehead atoms. The molecule has 1 atom stereocenters. The van der Waals surface area contributed by atoms with Gasteiger partial charge in [-0.2, -0.15) is 0 Å². The molecule has 0 saturated heterocycles. The fourth-order valence-corrected chi connectivity index (χ4v) is 2.48. The van der Waals surface area contributed by atoms with Crippen molar-refractivity contribution in [3.8, 4) is 0 Å². The van der Waals surface area contributed by atoms with Gasteiger partial charge < -0.3 is 9.55 Å². The number of nitrogens with zero attached hydrogens (tertiary/aromatic N) is 1. The van der Waals surface area contributed by atoms with E-state index in [-0.39, 0.29) is 0 Å². The first-order valence-electron chi connectivity index (χ1n) is 6.35. The van der Waals surface area contributed by atoms with Crippen LogP contribution in [0.4, 0.5) is 0 Å². The number of hydrogen-bond acceptors (Lipinski definition) is 1. The van der Waals surface area contributed by atoms with Gasteiger partial charge in [-0.05, 0) is 37.9 Å². The Morgan fingerprint density at radius 1 is 1.31 bits per heavy atom. The van der Waals surface area contributed by atoms with Crippen molar-refractivity contribution in [2.45, 2.75) is 59.4 Å². The van der Waals surface area contributed by atoms with Crippen molar-refractivity contribution in [2.75, 3.05) is 0 Å². The Bertz CT molecular complexity index is 362. The van der Waals surface area contributed by atoms with Crippen LogP contribution < -0.4 is 0 Å². The van der Waals surface area contributed by atoms with E-state index in [0.29, 0.717) is 6.04 Å². The van der Waals surface area contributed by atoms with Crippen LogP contribution in [-0.2, 0) is 6.42 Å². The SMILES string of the molecule is CCc1c[nH]c(=S)n1C(C)CCCC(C)C. The molecule has 0 aliphatic rings. The summed E-state index contributed by atoms with van der Waals surface area (Å²) in [4.78, 5) is 3.15. The fraction of sp³-hybridized carbons (Fsp3) is 0.769. The summed E-state index contributed by atoms with van der Waals surface area (Å²) in [5.41, 5.74) is 1.32. The Kier molecular flexibility index (Phi) is 5.26. The van der Waals surface area contributed by atoms with Crippen LogP contribution in [0, 0.1) is 10.7 Å². The van der Waals surface area contributed by atoms with Crippen molar-refractivity contribution in [3.05, 3.63) is 16.7 Å². The summed E-state index contributed by atoms with van der Waals surface area (Å²) in [5, 5.41) is 0. The summed E-state index contributed by atoms with van der Waals surface area (Å²) in [6.07, 6.45) is 6.90. The highest BCUT2D eigenvalue weighted by atomic mass is 32.1. The molecule has 0 aliphatic heterocycles. The van der Waals surface area contributed by atoms with E-state index in [9.17, 15) is 0 Å². The molecule has 0 aliphatic carbocycles. The number of rotatable bonds is 6. The summed E-state index contributed by atoms with van der Waals surface area (Å²) in [7, 11) is 0. The van der Waals surface area contributed by atoms with E-state index in [1.54, 1.807) is 0 Å². The Hall–Kier alpha value is -0.570. The molecule has 1 rings (SSSR count). The minimum atomic E-state index is 0.521. The number of H-pyrrole nitrogens is 1. The number of aromatic amines is 1. The van der Waals surface area contributed by atoms with Crippen molar-refractivity contribution < 1.29 is 0 Å². The fourth-order valence-electron chi connectivity index (χ4n) is 2.12. The Labute approximate surface area is 104 Å². The molecule has 0 fully saturated rings. The maximum absolute atomic E-state index is 5.32. The summed E-state index contributed by atoms with van der Waals surface area (Å²) in [6.45, 7) is 9.01. The van der Waals surface area contributed by atoms with Gasteiger partial charge in [-0.3, -0.25) is 0 Å². The number of hydrogen-bond donors (Lipinski definition) is 1. The average Bonchev–Trinajstić information content (AvgIpc) is 2.58. The first-order chi connectivity index (χ1) is 7.56. The molecular weight excluding hydrogens is 216 g/mol. The molecule has 0 spiro atoms. The Balaban J connectivity index is 2.61. The van der Waals surface area contributed by atoms with Crippen LogP contribution in [-0.4, -0.2) is 9.55 Å². The van der Waals surface area contributed by atoms with Crippen LogP contribution in [0.3, 0.4) is 0 Å². The lowest BCUT2D eigenvalue weighted by molar-refractivity contribution is 0.436. The third kappa shape index (κ3) is 3.48. The Morgan fingerprint density at radius 3 is 2.56 bits per heavy atom. The van der Waals surface area contributed by atoms with Gasteiger partial charge in [0.05, 0.1) is 0 Å². The minimum absolute atomic E-state index is 0.521. The highest BCUT2D eigenvalue weighted by molar-refractivity contribution is 7.71. The van der Waals surface area contributed by atoms with Gasteiger partial charge in [0.15, 0.2) is 4.77 Å². The van der Waals surface area contributed by atoms with E-state index >= 15 is 0 Å². The predicted molar refractivity (Wildman–Crippen MR) is 72.4 cm³/mol. The molecule has 0 radical (unpaired) electrons. The van der Waals surface area contributed by atoms with Gasteiger partial charge in [-0.15, -0.1) is 0 Å². The number of nitrogens with one attached hydrogen (secondary N) is 1. The summed E-state index contributed by atoms with van der Waals surface area (Å²) in [6, 6.07) is 0.521. The first kappa shape index (κ1) is 13.5. The zero-order valence-electron chi connectivity index (χ0n) is 10.9. The molecule has 0 aromatic carbocycles. The summed E-state index contributed by atoms with van der Waals surface area (Å²) >= 11 is 5.32. The molecule has 1 N–H and O–H groups in total. The number of imidazole rings is 1. The van der Waals surface area contributed by atoms with E-state index in [1.165, 1.54) is 25.0 Å². The van der Waals surface area contributed by atoms with Gasteiger partial charge in [0.2, 0.25) is 0 Å². The molecule has 1 aromatic rings. The lowest BCUT2D eigenvalue weighted by atomic mass is 10.0. The third-order valence-corrected chi connectivity index (χ3v) is 3.41. The standard InChI is InChI=1S/C13H24N2S/c1-5-12-9-14-13(16)15(12)11(4)8-6-7-10(2)3/h9-11H,5-8H2,1-4H3,(H,14,16). The monoisotopic (exact) mass is 240 g/mol. The maximum Gasteiger partial charge on any atom is 0.177 e. The zero-order valence-corrected chi connectivity index (χ0v) is 11.7. The molecule has 2 nitrogen and oxygen atoms in total. The molecule has 1 heterocycles. The third-order valence-electron chi connectivity index (χ3n) is 3.10. The second-order valence-corrected chi connectivity index (χ2v) is 5.37. The van der Waals surface area contributed by atoms with Crippen molar-refractivity contribution in [1.82, 2.24) is 9.55 Å². The lowest BCUT2D eigenvalue weighted by Crippen LogP contribution is -2.09. The summed E-state index contributed by atoms with van der Waals surface area (Å²) in [5.74, 6) is 0.803. The van der Waals surface area contributed by atoms with E-state index in [2.05, 4.69) is 37.2 Å². The highest BCUT2D eigenvalue weighted by Crippen LogP contribution is 2.19. The molecule has 16 heavy (non-hydrogen) atoms. The van der Waals surface area contributed by atoms with Crippen molar-refractivity contribution in [1.29, 1.82) is 0 Å². The van der Waals surface area contributed by atoms with Crippen LogP contribution in [0.15, 0.2) is 6.20 Å². The molecule has 0 amide bonds. The average molecular weight is 240 g/mol. The summed E-state index contributed by atoms with van der Waals surface area (Å²) < 4.78 is 3.14. The van der Waals surface area contributed by atoms with Gasteiger partial charge in [0, 0.05) is 17.9 Å². The van der Waals surface area contributed by atoms with E-state index in [0.717, 1.165) is 17.1 Å². The minimum Gasteiger partial charge on any atom is -0.337 e. The second-order valence-electron chi connectivity index (χ2n) is 4.98. The first-order valence-corrected chi connectivity index (χ1v) is 6.75. The topological polar surface area (TPSA) is 20.7 Å². The molecule has 3 heteroatoms. The molecule has 92 valence electrons. The van der Waals surface area contributed by atoms with Gasteiger partial charge in [0.25, 0.3) is 0 Å². The smallest absolute Gasteiger partial charge is 0.177 e. The molecule has 1 aromatic heterocycles. The molecule has 1 unspecified atom stereocenters. The van der Waals surface area contributed by atoms with Gasteiger partial charge in [-0.25, -0.2) is 0 Å². The van der Waals surface area contributed by atoms with Crippen LogP contribution in [0.2, 0.25) is 0 Å². The molecular formula is C13H24N2S. The van der Waals surface area contributed by atoms with Crippen molar-refractivity contribution in [3.63, 3.8) is 0 Å².